The first-order chi connectivity index (χ1) is 9.18. The van der Waals surface area contributed by atoms with Crippen molar-refractivity contribution in [3.05, 3.63) is 65.5 Å². The lowest BCUT2D eigenvalue weighted by atomic mass is 10.2. The molecule has 0 aliphatic carbocycles. The molecular formula is C14H12N2O3. The number of ether oxygens (including phenoxy) is 1. The second-order valence-electron chi connectivity index (χ2n) is 3.83. The molecule has 0 aliphatic rings. The molecule has 1 amide bonds. The van der Waals surface area contributed by atoms with Gasteiger partial charge in [0.2, 0.25) is 0 Å². The van der Waals surface area contributed by atoms with E-state index < -0.39 is 11.9 Å². The second-order valence-corrected chi connectivity index (χ2v) is 3.83. The first-order valence-electron chi connectivity index (χ1n) is 5.64. The summed E-state index contributed by atoms with van der Waals surface area (Å²) in [5.74, 6) is -1.38. The zero-order valence-corrected chi connectivity index (χ0v) is 10.1. The predicted molar refractivity (Wildman–Crippen MR) is 68.3 cm³/mol. The third-order valence-electron chi connectivity index (χ3n) is 2.48. The van der Waals surface area contributed by atoms with Gasteiger partial charge in [0.05, 0.1) is 5.56 Å². The molecule has 5 nitrogen and oxygen atoms in total. The van der Waals surface area contributed by atoms with E-state index in [4.69, 9.17) is 10.5 Å². The third kappa shape index (κ3) is 3.16. The highest BCUT2D eigenvalue weighted by Gasteiger charge is 2.17. The lowest BCUT2D eigenvalue weighted by Gasteiger charge is -2.06. The van der Waals surface area contributed by atoms with Gasteiger partial charge in [-0.25, -0.2) is 9.78 Å². The number of nitrogens with zero attached hydrogens (tertiary/aromatic N) is 1. The fraction of sp³-hybridized carbons (Fsp3) is 0.0714. The molecule has 0 radical (unpaired) electrons. The summed E-state index contributed by atoms with van der Waals surface area (Å²) in [6.07, 6.45) is 1.41. The van der Waals surface area contributed by atoms with Gasteiger partial charge < -0.3 is 10.5 Å². The van der Waals surface area contributed by atoms with Crippen molar-refractivity contribution in [3.8, 4) is 0 Å². The number of amides is 1. The molecule has 5 heteroatoms. The number of esters is 1. The number of nitrogens with two attached hydrogens (primary N) is 1. The average molecular weight is 256 g/mol. The van der Waals surface area contributed by atoms with Gasteiger partial charge in [-0.05, 0) is 17.7 Å². The topological polar surface area (TPSA) is 82.3 Å². The molecule has 0 aliphatic heterocycles. The zero-order chi connectivity index (χ0) is 13.7. The first-order valence-corrected chi connectivity index (χ1v) is 5.64. The Kier molecular flexibility index (Phi) is 3.87. The summed E-state index contributed by atoms with van der Waals surface area (Å²) in [7, 11) is 0. The summed E-state index contributed by atoms with van der Waals surface area (Å²) in [5.41, 5.74) is 6.02. The van der Waals surface area contributed by atoms with Crippen molar-refractivity contribution in [2.45, 2.75) is 6.61 Å². The van der Waals surface area contributed by atoms with Gasteiger partial charge in [-0.3, -0.25) is 4.79 Å². The van der Waals surface area contributed by atoms with Gasteiger partial charge in [0.25, 0.3) is 5.91 Å². The van der Waals surface area contributed by atoms with Gasteiger partial charge in [0, 0.05) is 6.20 Å². The Labute approximate surface area is 110 Å². The summed E-state index contributed by atoms with van der Waals surface area (Å²) in [6, 6.07) is 12.2. The van der Waals surface area contributed by atoms with E-state index in [9.17, 15) is 9.59 Å². The molecular weight excluding hydrogens is 244 g/mol. The smallest absolute Gasteiger partial charge is 0.358 e. The van der Waals surface area contributed by atoms with Crippen LogP contribution in [0.5, 0.6) is 0 Å². The Balaban J connectivity index is 2.10. The van der Waals surface area contributed by atoms with E-state index in [0.717, 1.165) is 5.56 Å². The highest BCUT2D eigenvalue weighted by molar-refractivity contribution is 6.03. The molecule has 19 heavy (non-hydrogen) atoms. The lowest BCUT2D eigenvalue weighted by molar-refractivity contribution is 0.0462. The average Bonchev–Trinajstić information content (AvgIpc) is 2.46. The Hall–Kier alpha value is -2.69. The van der Waals surface area contributed by atoms with Crippen LogP contribution in [-0.4, -0.2) is 16.9 Å². The second kappa shape index (κ2) is 5.77. The largest absolute Gasteiger partial charge is 0.456 e. The molecule has 1 heterocycles. The van der Waals surface area contributed by atoms with Crippen molar-refractivity contribution in [3.63, 3.8) is 0 Å². The standard InChI is InChI=1S/C14H12N2O3/c15-13(17)11-7-4-8-16-12(11)14(18)19-9-10-5-2-1-3-6-10/h1-8H,9H2,(H2,15,17). The number of carbonyl (C=O) groups excluding carboxylic acids is 2. The van der Waals surface area contributed by atoms with Gasteiger partial charge in [-0.1, -0.05) is 30.3 Å². The van der Waals surface area contributed by atoms with E-state index >= 15 is 0 Å². The summed E-state index contributed by atoms with van der Waals surface area (Å²) < 4.78 is 5.10. The highest BCUT2D eigenvalue weighted by Crippen LogP contribution is 2.08. The van der Waals surface area contributed by atoms with Crippen molar-refractivity contribution in [1.82, 2.24) is 4.98 Å². The van der Waals surface area contributed by atoms with Crippen LogP contribution in [0.25, 0.3) is 0 Å². The predicted octanol–water partition coefficient (Wildman–Crippen LogP) is 1.54. The Morgan fingerprint density at radius 1 is 1.11 bits per heavy atom. The quantitative estimate of drug-likeness (QED) is 0.841. The molecule has 2 N–H and O–H groups in total. The summed E-state index contributed by atoms with van der Waals surface area (Å²) >= 11 is 0. The Morgan fingerprint density at radius 2 is 1.84 bits per heavy atom. The molecule has 0 saturated carbocycles. The maximum atomic E-state index is 11.9. The van der Waals surface area contributed by atoms with Crippen LogP contribution >= 0.6 is 0 Å². The maximum Gasteiger partial charge on any atom is 0.358 e. The molecule has 1 aromatic heterocycles. The fourth-order valence-corrected chi connectivity index (χ4v) is 1.56. The number of pyridine rings is 1. The molecule has 1 aromatic carbocycles. The molecule has 0 bridgehead atoms. The monoisotopic (exact) mass is 256 g/mol. The SMILES string of the molecule is NC(=O)c1cccnc1C(=O)OCc1ccccc1. The van der Waals surface area contributed by atoms with Crippen LogP contribution in [0.1, 0.15) is 26.4 Å². The van der Waals surface area contributed by atoms with Crippen molar-refractivity contribution in [1.29, 1.82) is 0 Å². The Bertz CT molecular complexity index is 597. The number of carbonyl (C=O) groups is 2. The van der Waals surface area contributed by atoms with E-state index in [2.05, 4.69) is 4.98 Å². The van der Waals surface area contributed by atoms with Crippen LogP contribution < -0.4 is 5.73 Å². The molecule has 2 rings (SSSR count). The van der Waals surface area contributed by atoms with E-state index in [-0.39, 0.29) is 17.9 Å². The third-order valence-corrected chi connectivity index (χ3v) is 2.48. The van der Waals surface area contributed by atoms with Gasteiger partial charge >= 0.3 is 5.97 Å². The van der Waals surface area contributed by atoms with E-state index in [0.29, 0.717) is 0 Å². The van der Waals surface area contributed by atoms with Crippen LogP contribution in [0.3, 0.4) is 0 Å². The molecule has 0 atom stereocenters. The number of aromatic nitrogens is 1. The van der Waals surface area contributed by atoms with E-state index in [1.165, 1.54) is 18.3 Å². The van der Waals surface area contributed by atoms with Crippen LogP contribution in [0.2, 0.25) is 0 Å². The maximum absolute atomic E-state index is 11.9. The highest BCUT2D eigenvalue weighted by atomic mass is 16.5. The molecule has 0 spiro atoms. The van der Waals surface area contributed by atoms with Crippen LogP contribution in [0.15, 0.2) is 48.7 Å². The normalized spacial score (nSPS) is 9.89. The van der Waals surface area contributed by atoms with Crippen molar-refractivity contribution < 1.29 is 14.3 Å². The van der Waals surface area contributed by atoms with Crippen molar-refractivity contribution in [2.75, 3.05) is 0 Å². The number of primary amides is 1. The lowest BCUT2D eigenvalue weighted by Crippen LogP contribution is -2.18. The Morgan fingerprint density at radius 3 is 2.53 bits per heavy atom. The van der Waals surface area contributed by atoms with Crippen LogP contribution in [0, 0.1) is 0 Å². The fourth-order valence-electron chi connectivity index (χ4n) is 1.56. The number of hydrogen-bond donors (Lipinski definition) is 1. The summed E-state index contributed by atoms with van der Waals surface area (Å²) in [5, 5.41) is 0. The van der Waals surface area contributed by atoms with Crippen molar-refractivity contribution in [2.24, 2.45) is 5.73 Å². The summed E-state index contributed by atoms with van der Waals surface area (Å²) in [6.45, 7) is 0.119. The van der Waals surface area contributed by atoms with E-state index in [1.54, 1.807) is 0 Å². The minimum absolute atomic E-state index is 0.0561. The van der Waals surface area contributed by atoms with Crippen LogP contribution in [0.4, 0.5) is 0 Å². The zero-order valence-electron chi connectivity index (χ0n) is 10.1. The summed E-state index contributed by atoms with van der Waals surface area (Å²) in [4.78, 5) is 26.9. The van der Waals surface area contributed by atoms with Gasteiger partial charge in [0.15, 0.2) is 5.69 Å². The minimum atomic E-state index is -0.709. The van der Waals surface area contributed by atoms with E-state index in [1.807, 2.05) is 30.3 Å². The van der Waals surface area contributed by atoms with Gasteiger partial charge in [0.1, 0.15) is 6.61 Å². The van der Waals surface area contributed by atoms with Crippen LogP contribution in [-0.2, 0) is 11.3 Å². The minimum Gasteiger partial charge on any atom is -0.456 e. The molecule has 0 saturated heterocycles. The molecule has 0 fully saturated rings. The number of benzene rings is 1. The molecule has 96 valence electrons. The number of rotatable bonds is 4. The first kappa shape index (κ1) is 12.8. The van der Waals surface area contributed by atoms with Gasteiger partial charge in [-0.15, -0.1) is 0 Å². The molecule has 2 aromatic rings. The molecule has 0 unspecified atom stereocenters. The number of hydrogen-bond acceptors (Lipinski definition) is 4. The van der Waals surface area contributed by atoms with Gasteiger partial charge in [-0.2, -0.15) is 0 Å². The van der Waals surface area contributed by atoms with Crippen molar-refractivity contribution >= 4 is 11.9 Å².